The van der Waals surface area contributed by atoms with Crippen LogP contribution >= 0.6 is 0 Å². The third-order valence-corrected chi connectivity index (χ3v) is 2.55. The molecule has 1 saturated heterocycles. The zero-order chi connectivity index (χ0) is 10.7. The molecule has 0 radical (unpaired) electrons. The topological polar surface area (TPSA) is 54.5 Å². The van der Waals surface area contributed by atoms with Gasteiger partial charge in [0.25, 0.3) is 0 Å². The lowest BCUT2D eigenvalue weighted by atomic mass is 9.94. The van der Waals surface area contributed by atoms with Gasteiger partial charge in [-0.15, -0.1) is 0 Å². The third kappa shape index (κ3) is 2.00. The van der Waals surface area contributed by atoms with Crippen molar-refractivity contribution < 1.29 is 14.4 Å². The van der Waals surface area contributed by atoms with E-state index in [4.69, 9.17) is 0 Å². The number of nitrogens with zero attached hydrogens (tertiary/aromatic N) is 1. The first-order valence-corrected chi connectivity index (χ1v) is 4.85. The number of amides is 2. The second-order valence-electron chi connectivity index (χ2n) is 3.89. The monoisotopic (exact) mass is 197 g/mol. The fraction of sp³-hybridized carbons (Fsp3) is 0.700. The molecule has 1 fully saturated rings. The second kappa shape index (κ2) is 4.35. The highest BCUT2D eigenvalue weighted by Crippen LogP contribution is 2.26. The fourth-order valence-corrected chi connectivity index (χ4v) is 1.65. The number of hydrogen-bond donors (Lipinski definition) is 0. The maximum absolute atomic E-state index is 11.7. The summed E-state index contributed by atoms with van der Waals surface area (Å²) in [7, 11) is 0. The van der Waals surface area contributed by atoms with Crippen molar-refractivity contribution in [2.75, 3.05) is 6.54 Å². The summed E-state index contributed by atoms with van der Waals surface area (Å²) in [6.45, 7) is 4.10. The maximum atomic E-state index is 11.7. The van der Waals surface area contributed by atoms with Gasteiger partial charge in [0.15, 0.2) is 0 Å². The summed E-state index contributed by atoms with van der Waals surface area (Å²) >= 11 is 0. The van der Waals surface area contributed by atoms with Crippen molar-refractivity contribution in [2.24, 2.45) is 11.8 Å². The number of carbonyl (C=O) groups excluding carboxylic acids is 3. The number of likely N-dealkylation sites (tertiary alicyclic amines) is 1. The van der Waals surface area contributed by atoms with Gasteiger partial charge < -0.3 is 4.79 Å². The molecule has 0 spiro atoms. The average Bonchev–Trinajstić information content (AvgIpc) is 2.40. The first-order valence-electron chi connectivity index (χ1n) is 4.85. The quantitative estimate of drug-likeness (QED) is 0.490. The van der Waals surface area contributed by atoms with Crippen LogP contribution in [0.25, 0.3) is 0 Å². The molecule has 1 heterocycles. The Labute approximate surface area is 83.3 Å². The van der Waals surface area contributed by atoms with E-state index in [-0.39, 0.29) is 36.6 Å². The van der Waals surface area contributed by atoms with Crippen molar-refractivity contribution in [3.8, 4) is 0 Å². The van der Waals surface area contributed by atoms with E-state index in [0.717, 1.165) is 6.29 Å². The molecule has 1 rings (SSSR count). The Balaban J connectivity index is 2.65. The average molecular weight is 197 g/mol. The van der Waals surface area contributed by atoms with Gasteiger partial charge in [-0.1, -0.05) is 13.8 Å². The van der Waals surface area contributed by atoms with E-state index >= 15 is 0 Å². The SMILES string of the molecule is CC(C)C1CC(=O)N(CCC=O)C1=O. The molecule has 2 amide bonds. The molecule has 4 nitrogen and oxygen atoms in total. The summed E-state index contributed by atoms with van der Waals surface area (Å²) in [4.78, 5) is 34.4. The predicted molar refractivity (Wildman–Crippen MR) is 50.3 cm³/mol. The lowest BCUT2D eigenvalue weighted by Crippen LogP contribution is -2.32. The second-order valence-corrected chi connectivity index (χ2v) is 3.89. The molecule has 0 aliphatic carbocycles. The Morgan fingerprint density at radius 2 is 2.14 bits per heavy atom. The van der Waals surface area contributed by atoms with Crippen molar-refractivity contribution >= 4 is 18.1 Å². The van der Waals surface area contributed by atoms with Crippen LogP contribution in [0.5, 0.6) is 0 Å². The highest BCUT2D eigenvalue weighted by atomic mass is 16.2. The third-order valence-electron chi connectivity index (χ3n) is 2.55. The number of rotatable bonds is 4. The summed E-state index contributed by atoms with van der Waals surface area (Å²) in [5.41, 5.74) is 0. The van der Waals surface area contributed by atoms with Crippen LogP contribution in [0.15, 0.2) is 0 Å². The standard InChI is InChI=1S/C10H15NO3/c1-7(2)8-6-9(13)11(10(8)14)4-3-5-12/h5,7-8H,3-4,6H2,1-2H3. The molecule has 1 aliphatic rings. The number of carbonyl (C=O) groups is 3. The Morgan fingerprint density at radius 3 is 2.57 bits per heavy atom. The van der Waals surface area contributed by atoms with Crippen molar-refractivity contribution in [3.63, 3.8) is 0 Å². The van der Waals surface area contributed by atoms with Crippen molar-refractivity contribution in [1.82, 2.24) is 4.90 Å². The van der Waals surface area contributed by atoms with E-state index in [1.54, 1.807) is 0 Å². The summed E-state index contributed by atoms with van der Waals surface area (Å²) in [5.74, 6) is -0.260. The molecule has 0 bridgehead atoms. The van der Waals surface area contributed by atoms with Crippen LogP contribution < -0.4 is 0 Å². The van der Waals surface area contributed by atoms with E-state index in [1.165, 1.54) is 4.90 Å². The lowest BCUT2D eigenvalue weighted by Gasteiger charge is -2.14. The molecule has 14 heavy (non-hydrogen) atoms. The smallest absolute Gasteiger partial charge is 0.233 e. The summed E-state index contributed by atoms with van der Waals surface area (Å²) in [5, 5.41) is 0. The molecule has 0 aromatic heterocycles. The van der Waals surface area contributed by atoms with Crippen LogP contribution in [0.1, 0.15) is 26.7 Å². The van der Waals surface area contributed by atoms with Crippen LogP contribution in [0, 0.1) is 11.8 Å². The Morgan fingerprint density at radius 1 is 1.50 bits per heavy atom. The molecule has 1 aliphatic heterocycles. The van der Waals surface area contributed by atoms with E-state index < -0.39 is 0 Å². The molecule has 0 aromatic rings. The van der Waals surface area contributed by atoms with Gasteiger partial charge >= 0.3 is 0 Å². The largest absolute Gasteiger partial charge is 0.303 e. The predicted octanol–water partition coefficient (Wildman–Crippen LogP) is 0.607. The molecule has 0 aromatic carbocycles. The Hall–Kier alpha value is -1.19. The van der Waals surface area contributed by atoms with Crippen LogP contribution in [0.3, 0.4) is 0 Å². The summed E-state index contributed by atoms with van der Waals surface area (Å²) in [6, 6.07) is 0. The molecule has 0 N–H and O–H groups in total. The van der Waals surface area contributed by atoms with Crippen molar-refractivity contribution in [1.29, 1.82) is 0 Å². The van der Waals surface area contributed by atoms with Crippen LogP contribution in [-0.2, 0) is 14.4 Å². The minimum Gasteiger partial charge on any atom is -0.303 e. The van der Waals surface area contributed by atoms with Gasteiger partial charge in [-0.2, -0.15) is 0 Å². The van der Waals surface area contributed by atoms with Gasteiger partial charge in [-0.25, -0.2) is 0 Å². The van der Waals surface area contributed by atoms with E-state index in [0.29, 0.717) is 6.42 Å². The van der Waals surface area contributed by atoms with Crippen LogP contribution in [0.4, 0.5) is 0 Å². The van der Waals surface area contributed by atoms with Gasteiger partial charge in [0, 0.05) is 25.3 Å². The normalized spacial score (nSPS) is 22.2. The Kier molecular flexibility index (Phi) is 3.38. The number of imide groups is 1. The molecule has 1 unspecified atom stereocenters. The molecule has 0 saturated carbocycles. The van der Waals surface area contributed by atoms with Gasteiger partial charge in [0.2, 0.25) is 11.8 Å². The van der Waals surface area contributed by atoms with E-state index in [1.807, 2.05) is 13.8 Å². The fourth-order valence-electron chi connectivity index (χ4n) is 1.65. The minimum absolute atomic E-state index is 0.119. The van der Waals surface area contributed by atoms with Crippen molar-refractivity contribution in [3.05, 3.63) is 0 Å². The molecular formula is C10H15NO3. The maximum Gasteiger partial charge on any atom is 0.233 e. The molecule has 1 atom stereocenters. The van der Waals surface area contributed by atoms with E-state index in [2.05, 4.69) is 0 Å². The van der Waals surface area contributed by atoms with E-state index in [9.17, 15) is 14.4 Å². The van der Waals surface area contributed by atoms with Gasteiger partial charge in [0.05, 0.1) is 0 Å². The highest BCUT2D eigenvalue weighted by molar-refractivity contribution is 6.03. The highest BCUT2D eigenvalue weighted by Gasteiger charge is 2.39. The van der Waals surface area contributed by atoms with Crippen LogP contribution in [0.2, 0.25) is 0 Å². The number of hydrogen-bond acceptors (Lipinski definition) is 3. The molecular weight excluding hydrogens is 182 g/mol. The minimum atomic E-state index is -0.186. The summed E-state index contributed by atoms with van der Waals surface area (Å²) < 4.78 is 0. The zero-order valence-electron chi connectivity index (χ0n) is 8.53. The zero-order valence-corrected chi connectivity index (χ0v) is 8.53. The molecule has 4 heteroatoms. The van der Waals surface area contributed by atoms with Gasteiger partial charge in [0.1, 0.15) is 6.29 Å². The first-order chi connectivity index (χ1) is 6.57. The summed E-state index contributed by atoms with van der Waals surface area (Å²) in [6.07, 6.45) is 1.26. The number of aldehydes is 1. The van der Waals surface area contributed by atoms with Gasteiger partial charge in [-0.3, -0.25) is 14.5 Å². The molecule has 78 valence electrons. The van der Waals surface area contributed by atoms with Crippen LogP contribution in [-0.4, -0.2) is 29.5 Å². The van der Waals surface area contributed by atoms with Gasteiger partial charge in [-0.05, 0) is 5.92 Å². The lowest BCUT2D eigenvalue weighted by molar-refractivity contribution is -0.139. The van der Waals surface area contributed by atoms with Crippen molar-refractivity contribution in [2.45, 2.75) is 26.7 Å². The first kappa shape index (κ1) is 10.9. The Bertz CT molecular complexity index is 260.